The van der Waals surface area contributed by atoms with E-state index in [0.717, 1.165) is 30.4 Å². The van der Waals surface area contributed by atoms with Gasteiger partial charge < -0.3 is 16.0 Å². The Kier molecular flexibility index (Phi) is 6.56. The number of carbonyl (C=O) groups is 3. The molecule has 136 valence electrons. The van der Waals surface area contributed by atoms with Gasteiger partial charge in [0.1, 0.15) is 6.04 Å². The van der Waals surface area contributed by atoms with Crippen LogP contribution in [0.2, 0.25) is 0 Å². The highest BCUT2D eigenvalue weighted by Crippen LogP contribution is 2.27. The second kappa shape index (κ2) is 8.65. The molecule has 1 aliphatic heterocycles. The Morgan fingerprint density at radius 3 is 2.48 bits per heavy atom. The van der Waals surface area contributed by atoms with E-state index in [1.807, 2.05) is 24.3 Å². The van der Waals surface area contributed by atoms with Crippen molar-refractivity contribution in [2.24, 2.45) is 5.73 Å². The summed E-state index contributed by atoms with van der Waals surface area (Å²) in [5.74, 6) is -1.52. The van der Waals surface area contributed by atoms with Crippen LogP contribution in [0.5, 0.6) is 0 Å². The summed E-state index contributed by atoms with van der Waals surface area (Å²) in [7, 11) is 1.57. The SMILES string of the molecule is CCc1ccc(C(CC(N)=O)C(=O)N2CCCCC2C(=O)NC)cc1. The number of benzene rings is 1. The molecule has 6 heteroatoms. The van der Waals surface area contributed by atoms with Gasteiger partial charge in [-0.2, -0.15) is 0 Å². The third-order valence-electron chi connectivity index (χ3n) is 4.83. The highest BCUT2D eigenvalue weighted by molar-refractivity contribution is 5.93. The van der Waals surface area contributed by atoms with E-state index >= 15 is 0 Å². The maximum atomic E-state index is 13.2. The minimum absolute atomic E-state index is 0.0543. The fourth-order valence-corrected chi connectivity index (χ4v) is 3.37. The first-order valence-electron chi connectivity index (χ1n) is 8.87. The third-order valence-corrected chi connectivity index (χ3v) is 4.83. The fourth-order valence-electron chi connectivity index (χ4n) is 3.37. The van der Waals surface area contributed by atoms with Gasteiger partial charge in [0.2, 0.25) is 17.7 Å². The molecule has 1 aliphatic rings. The quantitative estimate of drug-likeness (QED) is 0.815. The zero-order chi connectivity index (χ0) is 18.4. The fraction of sp³-hybridized carbons (Fsp3) is 0.526. The monoisotopic (exact) mass is 345 g/mol. The molecule has 0 aliphatic carbocycles. The second-order valence-electron chi connectivity index (χ2n) is 6.48. The highest BCUT2D eigenvalue weighted by Gasteiger charge is 2.36. The summed E-state index contributed by atoms with van der Waals surface area (Å²) in [5, 5.41) is 2.63. The van der Waals surface area contributed by atoms with Gasteiger partial charge in [0.25, 0.3) is 0 Å². The summed E-state index contributed by atoms with van der Waals surface area (Å²) in [6.45, 7) is 2.59. The molecule has 1 aromatic carbocycles. The molecule has 2 rings (SSSR count). The average molecular weight is 345 g/mol. The van der Waals surface area contributed by atoms with Crippen molar-refractivity contribution in [3.63, 3.8) is 0 Å². The summed E-state index contributed by atoms with van der Waals surface area (Å²) in [4.78, 5) is 38.5. The van der Waals surface area contributed by atoms with E-state index in [-0.39, 0.29) is 18.2 Å². The standard InChI is InChI=1S/C19H27N3O3/c1-3-13-7-9-14(10-8-13)15(12-17(20)23)19(25)22-11-5-4-6-16(22)18(24)21-2/h7-10,15-16H,3-6,11-12H2,1-2H3,(H2,20,23)(H,21,24). The molecule has 0 spiro atoms. The van der Waals surface area contributed by atoms with Gasteiger partial charge in [-0.25, -0.2) is 0 Å². The summed E-state index contributed by atoms with van der Waals surface area (Å²) in [6.07, 6.45) is 3.26. The lowest BCUT2D eigenvalue weighted by atomic mass is 9.90. The molecule has 1 aromatic rings. The minimum Gasteiger partial charge on any atom is -0.370 e. The molecule has 0 saturated carbocycles. The molecule has 6 nitrogen and oxygen atoms in total. The molecule has 3 amide bonds. The molecule has 2 unspecified atom stereocenters. The van der Waals surface area contributed by atoms with Crippen LogP contribution in [0.15, 0.2) is 24.3 Å². The van der Waals surface area contributed by atoms with Crippen LogP contribution < -0.4 is 11.1 Å². The van der Waals surface area contributed by atoms with Crippen molar-refractivity contribution < 1.29 is 14.4 Å². The van der Waals surface area contributed by atoms with E-state index in [9.17, 15) is 14.4 Å². The number of hydrogen-bond acceptors (Lipinski definition) is 3. The zero-order valence-corrected chi connectivity index (χ0v) is 15.0. The molecular formula is C19H27N3O3. The van der Waals surface area contributed by atoms with Gasteiger partial charge in [0.05, 0.1) is 5.92 Å². The molecule has 0 radical (unpaired) electrons. The van der Waals surface area contributed by atoms with Crippen LogP contribution in [0.1, 0.15) is 49.7 Å². The predicted molar refractivity (Wildman–Crippen MR) is 95.8 cm³/mol. The Morgan fingerprint density at radius 1 is 1.24 bits per heavy atom. The van der Waals surface area contributed by atoms with E-state index < -0.39 is 17.9 Å². The number of nitrogens with zero attached hydrogens (tertiary/aromatic N) is 1. The first kappa shape index (κ1) is 19.0. The number of nitrogens with two attached hydrogens (primary N) is 1. The number of likely N-dealkylation sites (N-methyl/N-ethyl adjacent to an activating group) is 1. The van der Waals surface area contributed by atoms with Gasteiger partial charge in [0, 0.05) is 20.0 Å². The van der Waals surface area contributed by atoms with E-state index in [0.29, 0.717) is 13.0 Å². The van der Waals surface area contributed by atoms with Crippen molar-refractivity contribution in [1.82, 2.24) is 10.2 Å². The number of rotatable bonds is 6. The van der Waals surface area contributed by atoms with Crippen LogP contribution in [0, 0.1) is 0 Å². The molecule has 1 saturated heterocycles. The number of primary amides is 1. The lowest BCUT2D eigenvalue weighted by Crippen LogP contribution is -2.52. The van der Waals surface area contributed by atoms with E-state index in [1.165, 1.54) is 0 Å². The Hall–Kier alpha value is -2.37. The lowest BCUT2D eigenvalue weighted by Gasteiger charge is -2.36. The van der Waals surface area contributed by atoms with Gasteiger partial charge in [0.15, 0.2) is 0 Å². The van der Waals surface area contributed by atoms with E-state index in [1.54, 1.807) is 11.9 Å². The molecule has 3 N–H and O–H groups in total. The average Bonchev–Trinajstić information content (AvgIpc) is 2.65. The number of hydrogen-bond donors (Lipinski definition) is 2. The van der Waals surface area contributed by atoms with Gasteiger partial charge in [-0.1, -0.05) is 31.2 Å². The van der Waals surface area contributed by atoms with Crippen molar-refractivity contribution in [1.29, 1.82) is 0 Å². The van der Waals surface area contributed by atoms with E-state index in [4.69, 9.17) is 5.73 Å². The van der Waals surface area contributed by atoms with Crippen molar-refractivity contribution in [3.05, 3.63) is 35.4 Å². The molecule has 25 heavy (non-hydrogen) atoms. The first-order valence-corrected chi connectivity index (χ1v) is 8.87. The number of aryl methyl sites for hydroxylation is 1. The van der Waals surface area contributed by atoms with Gasteiger partial charge in [-0.3, -0.25) is 14.4 Å². The normalized spacial score (nSPS) is 18.5. The van der Waals surface area contributed by atoms with Gasteiger partial charge >= 0.3 is 0 Å². The maximum absolute atomic E-state index is 13.2. The number of nitrogens with one attached hydrogen (secondary N) is 1. The molecular weight excluding hydrogens is 318 g/mol. The number of piperidine rings is 1. The number of amides is 3. The second-order valence-corrected chi connectivity index (χ2v) is 6.48. The van der Waals surface area contributed by atoms with Gasteiger partial charge in [-0.15, -0.1) is 0 Å². The Labute approximate surface area is 148 Å². The topological polar surface area (TPSA) is 92.5 Å². The van der Waals surface area contributed by atoms with Crippen LogP contribution in [0.25, 0.3) is 0 Å². The summed E-state index contributed by atoms with van der Waals surface area (Å²) >= 11 is 0. The van der Waals surface area contributed by atoms with Crippen LogP contribution in [0.4, 0.5) is 0 Å². The molecule has 0 aromatic heterocycles. The van der Waals surface area contributed by atoms with Crippen LogP contribution in [0.3, 0.4) is 0 Å². The molecule has 2 atom stereocenters. The Morgan fingerprint density at radius 2 is 1.92 bits per heavy atom. The first-order chi connectivity index (χ1) is 12.0. The summed E-state index contributed by atoms with van der Waals surface area (Å²) in [6, 6.07) is 7.20. The molecule has 0 bridgehead atoms. The van der Waals surface area contributed by atoms with Crippen LogP contribution in [-0.2, 0) is 20.8 Å². The summed E-state index contributed by atoms with van der Waals surface area (Å²) in [5.41, 5.74) is 7.31. The lowest BCUT2D eigenvalue weighted by molar-refractivity contribution is -0.144. The largest absolute Gasteiger partial charge is 0.370 e. The Balaban J connectivity index is 2.29. The molecule has 1 fully saturated rings. The van der Waals surface area contributed by atoms with Crippen molar-refractivity contribution in [2.75, 3.05) is 13.6 Å². The van der Waals surface area contributed by atoms with Crippen LogP contribution in [-0.4, -0.2) is 42.3 Å². The van der Waals surface area contributed by atoms with Crippen molar-refractivity contribution in [3.8, 4) is 0 Å². The van der Waals surface area contributed by atoms with Crippen LogP contribution >= 0.6 is 0 Å². The Bertz CT molecular complexity index is 627. The zero-order valence-electron chi connectivity index (χ0n) is 15.0. The molecule has 1 heterocycles. The van der Waals surface area contributed by atoms with Gasteiger partial charge in [-0.05, 0) is 36.8 Å². The van der Waals surface area contributed by atoms with Crippen molar-refractivity contribution >= 4 is 17.7 Å². The number of carbonyl (C=O) groups excluding carboxylic acids is 3. The smallest absolute Gasteiger partial charge is 0.242 e. The highest BCUT2D eigenvalue weighted by atomic mass is 16.2. The minimum atomic E-state index is -0.645. The number of likely N-dealkylation sites (tertiary alicyclic amines) is 1. The van der Waals surface area contributed by atoms with E-state index in [2.05, 4.69) is 12.2 Å². The third kappa shape index (κ3) is 4.59. The maximum Gasteiger partial charge on any atom is 0.242 e. The van der Waals surface area contributed by atoms with Crippen molar-refractivity contribution in [2.45, 2.75) is 51.0 Å². The predicted octanol–water partition coefficient (Wildman–Crippen LogP) is 1.34. The summed E-state index contributed by atoms with van der Waals surface area (Å²) < 4.78 is 0.